The van der Waals surface area contributed by atoms with Crippen molar-refractivity contribution in [1.29, 1.82) is 0 Å². The number of aryl methyl sites for hydroxylation is 4. The molecule has 2 aromatic rings. The maximum absolute atomic E-state index is 6.04. The van der Waals surface area contributed by atoms with Crippen LogP contribution in [-0.4, -0.2) is 15.7 Å². The van der Waals surface area contributed by atoms with Crippen molar-refractivity contribution in [1.82, 2.24) is 9.78 Å². The predicted octanol–water partition coefficient (Wildman–Crippen LogP) is 3.09. The fourth-order valence-corrected chi connectivity index (χ4v) is 2.74. The molecule has 0 radical (unpaired) electrons. The van der Waals surface area contributed by atoms with Gasteiger partial charge in [0.15, 0.2) is 5.96 Å². The summed E-state index contributed by atoms with van der Waals surface area (Å²) in [6.45, 7) is 9.00. The summed E-state index contributed by atoms with van der Waals surface area (Å²) in [5, 5.41) is 7.73. The van der Waals surface area contributed by atoms with Gasteiger partial charge in [0.25, 0.3) is 0 Å². The fourth-order valence-electron chi connectivity index (χ4n) is 2.74. The Labute approximate surface area is 138 Å². The fraction of sp³-hybridized carbons (Fsp3) is 0.444. The van der Waals surface area contributed by atoms with Gasteiger partial charge in [-0.1, -0.05) is 19.9 Å². The number of aromatic nitrogens is 2. The Hall–Kier alpha value is -2.30. The highest BCUT2D eigenvalue weighted by molar-refractivity contribution is 5.92. The molecular formula is C18H27N5. The van der Waals surface area contributed by atoms with Gasteiger partial charge in [-0.05, 0) is 49.9 Å². The number of anilines is 1. The van der Waals surface area contributed by atoms with Gasteiger partial charge in [-0.15, -0.1) is 0 Å². The first-order valence-electron chi connectivity index (χ1n) is 8.14. The number of hydrogen-bond donors (Lipinski definition) is 2. The Kier molecular flexibility index (Phi) is 5.42. The Morgan fingerprint density at radius 3 is 2.57 bits per heavy atom. The van der Waals surface area contributed by atoms with Gasteiger partial charge in [0.05, 0.1) is 12.2 Å². The highest BCUT2D eigenvalue weighted by Crippen LogP contribution is 2.17. The van der Waals surface area contributed by atoms with Crippen molar-refractivity contribution in [3.05, 3.63) is 46.3 Å². The van der Waals surface area contributed by atoms with E-state index in [1.807, 2.05) is 17.8 Å². The molecule has 0 atom stereocenters. The van der Waals surface area contributed by atoms with Crippen LogP contribution in [0.25, 0.3) is 0 Å². The summed E-state index contributed by atoms with van der Waals surface area (Å²) < 4.78 is 1.95. The SMILES string of the molecule is CCc1nn(C)c(CC)c1CN=C(N)Nc1ccc(C)c(C)c1. The zero-order chi connectivity index (χ0) is 17.0. The molecule has 0 aliphatic rings. The average molecular weight is 313 g/mol. The first kappa shape index (κ1) is 17.1. The molecular weight excluding hydrogens is 286 g/mol. The van der Waals surface area contributed by atoms with Gasteiger partial charge >= 0.3 is 0 Å². The summed E-state index contributed by atoms with van der Waals surface area (Å²) in [5.41, 5.74) is 13.0. The van der Waals surface area contributed by atoms with E-state index in [2.05, 4.69) is 55.2 Å². The normalized spacial score (nSPS) is 11.8. The summed E-state index contributed by atoms with van der Waals surface area (Å²) in [6, 6.07) is 6.18. The molecule has 2 rings (SSSR count). The van der Waals surface area contributed by atoms with Crippen molar-refractivity contribution in [3.63, 3.8) is 0 Å². The van der Waals surface area contributed by atoms with E-state index in [1.165, 1.54) is 22.4 Å². The van der Waals surface area contributed by atoms with Crippen LogP contribution in [-0.2, 0) is 26.4 Å². The quantitative estimate of drug-likeness (QED) is 0.658. The molecule has 0 aliphatic carbocycles. The summed E-state index contributed by atoms with van der Waals surface area (Å²) in [5.74, 6) is 0.432. The molecule has 1 aromatic carbocycles. The largest absolute Gasteiger partial charge is 0.370 e. The molecule has 0 unspecified atom stereocenters. The molecule has 0 spiro atoms. The lowest BCUT2D eigenvalue weighted by molar-refractivity contribution is 0.703. The number of nitrogens with zero attached hydrogens (tertiary/aromatic N) is 3. The molecule has 5 nitrogen and oxygen atoms in total. The van der Waals surface area contributed by atoms with Crippen molar-refractivity contribution in [2.24, 2.45) is 17.8 Å². The van der Waals surface area contributed by atoms with E-state index in [0.29, 0.717) is 12.5 Å². The number of rotatable bonds is 5. The van der Waals surface area contributed by atoms with Gasteiger partial charge in [-0.3, -0.25) is 4.68 Å². The summed E-state index contributed by atoms with van der Waals surface area (Å²) >= 11 is 0. The molecule has 1 aromatic heterocycles. The number of benzene rings is 1. The maximum Gasteiger partial charge on any atom is 0.193 e. The minimum Gasteiger partial charge on any atom is -0.370 e. The molecule has 0 fully saturated rings. The molecule has 3 N–H and O–H groups in total. The van der Waals surface area contributed by atoms with Crippen molar-refractivity contribution < 1.29 is 0 Å². The predicted molar refractivity (Wildman–Crippen MR) is 96.8 cm³/mol. The number of aliphatic imine (C=N–C) groups is 1. The van der Waals surface area contributed by atoms with Crippen molar-refractivity contribution in [2.75, 3.05) is 5.32 Å². The molecule has 0 bridgehead atoms. The lowest BCUT2D eigenvalue weighted by atomic mass is 10.1. The van der Waals surface area contributed by atoms with Crippen LogP contribution in [0.1, 0.15) is 41.9 Å². The standard InChI is InChI=1S/C18H27N5/c1-6-16-15(17(7-2)23(5)22-16)11-20-18(19)21-14-9-8-12(3)13(4)10-14/h8-10H,6-7,11H2,1-5H3,(H3,19,20,21). The van der Waals surface area contributed by atoms with E-state index in [1.54, 1.807) is 0 Å². The van der Waals surface area contributed by atoms with Crippen molar-refractivity contribution >= 4 is 11.6 Å². The smallest absolute Gasteiger partial charge is 0.193 e. The lowest BCUT2D eigenvalue weighted by Crippen LogP contribution is -2.22. The van der Waals surface area contributed by atoms with E-state index in [-0.39, 0.29) is 0 Å². The van der Waals surface area contributed by atoms with Crippen LogP contribution < -0.4 is 11.1 Å². The van der Waals surface area contributed by atoms with Crippen LogP contribution in [0.4, 0.5) is 5.69 Å². The van der Waals surface area contributed by atoms with Crippen LogP contribution in [0.15, 0.2) is 23.2 Å². The van der Waals surface area contributed by atoms with Gasteiger partial charge in [0, 0.05) is 24.0 Å². The molecule has 23 heavy (non-hydrogen) atoms. The van der Waals surface area contributed by atoms with Crippen LogP contribution in [0.3, 0.4) is 0 Å². The second-order valence-electron chi connectivity index (χ2n) is 5.83. The maximum atomic E-state index is 6.04. The zero-order valence-corrected chi connectivity index (χ0v) is 14.8. The second kappa shape index (κ2) is 7.31. The number of hydrogen-bond acceptors (Lipinski definition) is 2. The van der Waals surface area contributed by atoms with E-state index >= 15 is 0 Å². The Balaban J connectivity index is 2.14. The lowest BCUT2D eigenvalue weighted by Gasteiger charge is -2.08. The van der Waals surface area contributed by atoms with E-state index in [9.17, 15) is 0 Å². The minimum absolute atomic E-state index is 0.432. The van der Waals surface area contributed by atoms with E-state index < -0.39 is 0 Å². The summed E-state index contributed by atoms with van der Waals surface area (Å²) in [4.78, 5) is 4.50. The van der Waals surface area contributed by atoms with Gasteiger partial charge < -0.3 is 11.1 Å². The third-order valence-electron chi connectivity index (χ3n) is 4.21. The number of nitrogens with two attached hydrogens (primary N) is 1. The molecule has 0 amide bonds. The van der Waals surface area contributed by atoms with Crippen LogP contribution in [0.2, 0.25) is 0 Å². The first-order chi connectivity index (χ1) is 11.0. The van der Waals surface area contributed by atoms with Crippen LogP contribution in [0.5, 0.6) is 0 Å². The van der Waals surface area contributed by atoms with Crippen LogP contribution >= 0.6 is 0 Å². The van der Waals surface area contributed by atoms with Gasteiger partial charge in [0.2, 0.25) is 0 Å². The molecule has 0 saturated carbocycles. The van der Waals surface area contributed by atoms with Crippen LogP contribution in [0, 0.1) is 13.8 Å². The van der Waals surface area contributed by atoms with E-state index in [4.69, 9.17) is 5.73 Å². The molecule has 124 valence electrons. The van der Waals surface area contributed by atoms with Gasteiger partial charge in [-0.2, -0.15) is 5.10 Å². The number of guanidine groups is 1. The average Bonchev–Trinajstić information content (AvgIpc) is 2.83. The van der Waals surface area contributed by atoms with Crippen molar-refractivity contribution in [3.8, 4) is 0 Å². The third kappa shape index (κ3) is 3.92. The topological polar surface area (TPSA) is 68.2 Å². The Bertz CT molecular complexity index is 712. The highest BCUT2D eigenvalue weighted by Gasteiger charge is 2.13. The van der Waals surface area contributed by atoms with Gasteiger partial charge in [0.1, 0.15) is 0 Å². The van der Waals surface area contributed by atoms with Crippen molar-refractivity contribution in [2.45, 2.75) is 47.1 Å². The molecule has 0 aliphatic heterocycles. The third-order valence-corrected chi connectivity index (χ3v) is 4.21. The molecule has 5 heteroatoms. The zero-order valence-electron chi connectivity index (χ0n) is 14.8. The number of nitrogens with one attached hydrogen (secondary N) is 1. The minimum atomic E-state index is 0.432. The van der Waals surface area contributed by atoms with E-state index in [0.717, 1.165) is 24.2 Å². The molecule has 1 heterocycles. The Morgan fingerprint density at radius 1 is 1.22 bits per heavy atom. The summed E-state index contributed by atoms with van der Waals surface area (Å²) in [7, 11) is 1.99. The second-order valence-corrected chi connectivity index (χ2v) is 5.83. The molecule has 0 saturated heterocycles. The first-order valence-corrected chi connectivity index (χ1v) is 8.14. The van der Waals surface area contributed by atoms with Gasteiger partial charge in [-0.25, -0.2) is 4.99 Å². The highest BCUT2D eigenvalue weighted by atomic mass is 15.3. The Morgan fingerprint density at radius 2 is 1.96 bits per heavy atom. The summed E-state index contributed by atoms with van der Waals surface area (Å²) in [6.07, 6.45) is 1.85. The monoisotopic (exact) mass is 313 g/mol.